The van der Waals surface area contributed by atoms with E-state index >= 15 is 0 Å². The van der Waals surface area contributed by atoms with Crippen molar-refractivity contribution in [3.63, 3.8) is 0 Å². The van der Waals surface area contributed by atoms with Crippen LogP contribution in [0.2, 0.25) is 0 Å². The molecule has 2 aromatic carbocycles. The topological polar surface area (TPSA) is 19.6 Å². The van der Waals surface area contributed by atoms with Crippen molar-refractivity contribution in [1.82, 2.24) is 4.90 Å². The van der Waals surface area contributed by atoms with Crippen LogP contribution in [-0.4, -0.2) is 17.1 Å². The van der Waals surface area contributed by atoms with Crippen LogP contribution in [0.5, 0.6) is 0 Å². The maximum atomic E-state index is 8.42. The van der Waals surface area contributed by atoms with E-state index in [0.29, 0.717) is 0 Å². The Morgan fingerprint density at radius 1 is 1.17 bits per heavy atom. The molecule has 118 valence electrons. The van der Waals surface area contributed by atoms with Crippen molar-refractivity contribution in [2.24, 2.45) is 0 Å². The van der Waals surface area contributed by atoms with Gasteiger partial charge >= 0.3 is 0 Å². The Balaban J connectivity index is 1.84. The van der Waals surface area contributed by atoms with Crippen LogP contribution in [-0.2, 0) is 0 Å². The minimum absolute atomic E-state index is 0.328. The normalized spacial score (nSPS) is 23.7. The molecule has 3 heteroatoms. The zero-order valence-electron chi connectivity index (χ0n) is 17.5. The molecule has 0 bridgehead atoms. The van der Waals surface area contributed by atoms with E-state index in [1.165, 1.54) is 6.92 Å². The van der Waals surface area contributed by atoms with E-state index in [9.17, 15) is 0 Å². The molecule has 0 aliphatic carbocycles. The molecule has 0 saturated heterocycles. The average molecular weight is 310 g/mol. The van der Waals surface area contributed by atoms with Crippen LogP contribution < -0.4 is 4.90 Å². The second-order valence-electron chi connectivity index (χ2n) is 6.04. The lowest BCUT2D eigenvalue weighted by atomic mass is 10.1. The number of fused-ring (bicyclic) bond motifs is 3. The molecule has 1 aliphatic rings. The maximum Gasteiger partial charge on any atom is 0.159 e. The molecular formula is C20H22N2O. The second-order valence-corrected chi connectivity index (χ2v) is 6.04. The first-order valence-corrected chi connectivity index (χ1v) is 7.79. The maximum absolute atomic E-state index is 8.42. The van der Waals surface area contributed by atoms with Crippen molar-refractivity contribution in [2.75, 3.05) is 4.90 Å². The molecule has 0 N–H and O–H groups in total. The van der Waals surface area contributed by atoms with Crippen molar-refractivity contribution in [3.05, 3.63) is 54.4 Å². The van der Waals surface area contributed by atoms with E-state index in [2.05, 4.69) is 6.07 Å². The number of furan rings is 1. The van der Waals surface area contributed by atoms with Gasteiger partial charge in [-0.25, -0.2) is 0 Å². The van der Waals surface area contributed by atoms with Gasteiger partial charge in [-0.05, 0) is 39.3 Å². The van der Waals surface area contributed by atoms with Crippen molar-refractivity contribution in [3.8, 4) is 0 Å². The molecule has 0 radical (unpaired) electrons. The standard InChI is InChI=1S/C20H22N2O/c1-13(2)21-11-12-22(15(21)4)19-14(3)9-10-17-16-7-5-6-8-18(16)23-20(17)19/h5-13,15H,1-4H3/i1D3,13D. The first kappa shape index (κ1) is 10.4. The molecule has 4 rings (SSSR count). The number of anilines is 1. The Kier molecular flexibility index (Phi) is 2.28. The summed E-state index contributed by atoms with van der Waals surface area (Å²) in [4.78, 5) is 3.56. The van der Waals surface area contributed by atoms with E-state index in [1.54, 1.807) is 11.1 Å². The summed E-state index contributed by atoms with van der Waals surface area (Å²) in [6.45, 7) is 2.91. The molecule has 2 heterocycles. The number of rotatable bonds is 2. The van der Waals surface area contributed by atoms with Crippen molar-refractivity contribution >= 4 is 27.6 Å². The average Bonchev–Trinajstić information content (AvgIpc) is 3.15. The lowest BCUT2D eigenvalue weighted by Gasteiger charge is -2.33. The molecule has 2 atom stereocenters. The summed E-state index contributed by atoms with van der Waals surface area (Å²) in [7, 11) is 0. The number of aryl methyl sites for hydroxylation is 1. The summed E-state index contributed by atoms with van der Waals surface area (Å²) in [6, 6.07) is 10.3. The highest BCUT2D eigenvalue weighted by Crippen LogP contribution is 2.39. The number of para-hydroxylation sites is 1. The predicted molar refractivity (Wildman–Crippen MR) is 96.5 cm³/mol. The van der Waals surface area contributed by atoms with Crippen LogP contribution in [0.4, 0.5) is 5.69 Å². The summed E-state index contributed by atoms with van der Waals surface area (Å²) in [6.07, 6.45) is 3.19. The third-order valence-electron chi connectivity index (χ3n) is 4.56. The molecule has 0 saturated carbocycles. The van der Waals surface area contributed by atoms with Gasteiger partial charge in [0.2, 0.25) is 0 Å². The van der Waals surface area contributed by atoms with Gasteiger partial charge in [-0.15, -0.1) is 0 Å². The van der Waals surface area contributed by atoms with E-state index in [4.69, 9.17) is 9.90 Å². The zero-order valence-corrected chi connectivity index (χ0v) is 13.5. The Hall–Kier alpha value is -2.42. The van der Waals surface area contributed by atoms with E-state index in [-0.39, 0.29) is 6.17 Å². The Morgan fingerprint density at radius 2 is 2.00 bits per heavy atom. The lowest BCUT2D eigenvalue weighted by Crippen LogP contribution is -2.39. The lowest BCUT2D eigenvalue weighted by molar-refractivity contribution is 0.263. The van der Waals surface area contributed by atoms with Gasteiger partial charge in [0, 0.05) is 33.3 Å². The van der Waals surface area contributed by atoms with Crippen LogP contribution in [0.25, 0.3) is 21.9 Å². The van der Waals surface area contributed by atoms with E-state index < -0.39 is 12.9 Å². The SMILES string of the molecule is [2H]C([2H])([2H])C([2H])(C)N1C=CN(c2c(C)ccc3c2oc2ccccc23)C1C. The predicted octanol–water partition coefficient (Wildman–Crippen LogP) is 5.24. The van der Waals surface area contributed by atoms with Crippen LogP contribution in [0.15, 0.2) is 53.2 Å². The zero-order chi connectivity index (χ0) is 19.6. The molecule has 0 spiro atoms. The molecule has 0 fully saturated rings. The van der Waals surface area contributed by atoms with Crippen molar-refractivity contribution in [1.29, 1.82) is 0 Å². The molecule has 23 heavy (non-hydrogen) atoms. The number of hydrogen-bond donors (Lipinski definition) is 0. The Morgan fingerprint density at radius 3 is 2.83 bits per heavy atom. The molecule has 1 aliphatic heterocycles. The van der Waals surface area contributed by atoms with Gasteiger partial charge in [0.05, 0.1) is 7.06 Å². The van der Waals surface area contributed by atoms with Gasteiger partial charge in [-0.2, -0.15) is 0 Å². The number of benzene rings is 2. The second kappa shape index (κ2) is 5.05. The fraction of sp³-hybridized carbons (Fsp3) is 0.300. The van der Waals surface area contributed by atoms with Crippen molar-refractivity contribution < 1.29 is 9.90 Å². The van der Waals surface area contributed by atoms with Gasteiger partial charge in [-0.1, -0.05) is 30.3 Å². The first-order chi connectivity index (χ1) is 12.6. The summed E-state index contributed by atoms with van der Waals surface area (Å²) >= 11 is 0. The highest BCUT2D eigenvalue weighted by atomic mass is 16.3. The van der Waals surface area contributed by atoms with Gasteiger partial charge in [-0.3, -0.25) is 0 Å². The third kappa shape index (κ3) is 2.03. The van der Waals surface area contributed by atoms with E-state index in [0.717, 1.165) is 33.2 Å². The monoisotopic (exact) mass is 310 g/mol. The van der Waals surface area contributed by atoms with Crippen molar-refractivity contribution in [2.45, 2.75) is 39.8 Å². The quantitative estimate of drug-likeness (QED) is 0.645. The summed E-state index contributed by atoms with van der Waals surface area (Å²) in [5.74, 6) is 0. The van der Waals surface area contributed by atoms with E-state index in [1.807, 2.05) is 55.3 Å². The van der Waals surface area contributed by atoms with Gasteiger partial charge in [0.25, 0.3) is 0 Å². The molecule has 3 nitrogen and oxygen atoms in total. The summed E-state index contributed by atoms with van der Waals surface area (Å²) < 4.78 is 37.8. The molecule has 1 aromatic heterocycles. The molecular weight excluding hydrogens is 284 g/mol. The summed E-state index contributed by atoms with van der Waals surface area (Å²) in [5.41, 5.74) is 3.52. The highest BCUT2D eigenvalue weighted by molar-refractivity contribution is 6.09. The fourth-order valence-electron chi connectivity index (χ4n) is 3.37. The molecule has 0 amide bonds. The minimum Gasteiger partial charge on any atom is -0.454 e. The van der Waals surface area contributed by atoms with Gasteiger partial charge in [0.15, 0.2) is 5.58 Å². The van der Waals surface area contributed by atoms with Crippen LogP contribution in [0.1, 0.15) is 31.7 Å². The fourth-order valence-corrected chi connectivity index (χ4v) is 3.37. The number of nitrogens with zero attached hydrogens (tertiary/aromatic N) is 2. The highest BCUT2D eigenvalue weighted by Gasteiger charge is 2.28. The number of hydrogen-bond acceptors (Lipinski definition) is 3. The van der Waals surface area contributed by atoms with Crippen LogP contribution in [0.3, 0.4) is 0 Å². The molecule has 2 unspecified atom stereocenters. The first-order valence-electron chi connectivity index (χ1n) is 9.79. The Labute approximate surface area is 142 Å². The smallest absolute Gasteiger partial charge is 0.159 e. The van der Waals surface area contributed by atoms with Gasteiger partial charge < -0.3 is 14.2 Å². The molecule has 3 aromatic rings. The largest absolute Gasteiger partial charge is 0.454 e. The summed E-state index contributed by atoms with van der Waals surface area (Å²) in [5, 5.41) is 2.07. The Bertz CT molecular complexity index is 1050. The van der Waals surface area contributed by atoms with Gasteiger partial charge in [0.1, 0.15) is 11.7 Å². The van der Waals surface area contributed by atoms with Crippen LogP contribution in [0, 0.1) is 6.92 Å². The minimum atomic E-state index is -2.43. The third-order valence-corrected chi connectivity index (χ3v) is 4.56. The van der Waals surface area contributed by atoms with Crippen LogP contribution >= 0.6 is 0 Å².